The molecule has 1 aromatic rings. The molecule has 1 aromatic carbocycles. The second-order valence-corrected chi connectivity index (χ2v) is 8.01. The first kappa shape index (κ1) is 22.3. The van der Waals surface area contributed by atoms with Gasteiger partial charge in [0.05, 0.1) is 14.2 Å². The van der Waals surface area contributed by atoms with Gasteiger partial charge in [0.2, 0.25) is 0 Å². The minimum atomic E-state index is 0.137. The quantitative estimate of drug-likeness (QED) is 0.386. The number of methoxy groups -OCH3 is 2. The number of rotatable bonds is 9. The van der Waals surface area contributed by atoms with Crippen LogP contribution in [0.1, 0.15) is 45.1 Å². The van der Waals surface area contributed by atoms with E-state index in [2.05, 4.69) is 40.4 Å². The summed E-state index contributed by atoms with van der Waals surface area (Å²) in [7, 11) is 5.16. The lowest BCUT2D eigenvalue weighted by Crippen LogP contribution is -2.54. The van der Waals surface area contributed by atoms with Gasteiger partial charge in [-0.05, 0) is 70.3 Å². The molecule has 28 heavy (non-hydrogen) atoms. The molecule has 0 unspecified atom stereocenters. The second-order valence-electron chi connectivity index (χ2n) is 8.01. The molecule has 1 fully saturated rings. The molecule has 6 heteroatoms. The Hall–Kier alpha value is -1.95. The molecule has 1 saturated heterocycles. The molecule has 0 aliphatic carbocycles. The summed E-state index contributed by atoms with van der Waals surface area (Å²) in [4.78, 5) is 6.96. The maximum atomic E-state index is 5.38. The van der Waals surface area contributed by atoms with Crippen molar-refractivity contribution in [3.8, 4) is 11.5 Å². The van der Waals surface area contributed by atoms with Crippen molar-refractivity contribution >= 4 is 5.96 Å². The second kappa shape index (κ2) is 11.1. The van der Waals surface area contributed by atoms with Gasteiger partial charge in [-0.2, -0.15) is 0 Å². The maximum Gasteiger partial charge on any atom is 0.191 e. The van der Waals surface area contributed by atoms with Gasteiger partial charge in [0, 0.05) is 25.7 Å². The Balaban J connectivity index is 1.73. The molecule has 6 nitrogen and oxygen atoms in total. The van der Waals surface area contributed by atoms with Crippen LogP contribution in [-0.4, -0.2) is 63.8 Å². The van der Waals surface area contributed by atoms with Crippen molar-refractivity contribution in [2.45, 2.75) is 51.5 Å². The molecule has 0 spiro atoms. The summed E-state index contributed by atoms with van der Waals surface area (Å²) in [5.74, 6) is 2.42. The zero-order chi connectivity index (χ0) is 20.4. The van der Waals surface area contributed by atoms with E-state index in [4.69, 9.17) is 9.47 Å². The van der Waals surface area contributed by atoms with E-state index < -0.39 is 0 Å². The molecular formula is C22H38N4O2. The number of benzene rings is 1. The van der Waals surface area contributed by atoms with Gasteiger partial charge in [-0.25, -0.2) is 0 Å². The molecular weight excluding hydrogens is 352 g/mol. The number of nitrogens with zero attached hydrogens (tertiary/aromatic N) is 2. The Morgan fingerprint density at radius 1 is 1.07 bits per heavy atom. The van der Waals surface area contributed by atoms with Crippen LogP contribution in [0, 0.1) is 0 Å². The van der Waals surface area contributed by atoms with E-state index in [-0.39, 0.29) is 5.54 Å². The predicted octanol–water partition coefficient (Wildman–Crippen LogP) is 3.07. The Bertz CT molecular complexity index is 625. The van der Waals surface area contributed by atoms with Crippen LogP contribution in [0.5, 0.6) is 11.5 Å². The third-order valence-corrected chi connectivity index (χ3v) is 5.51. The predicted molar refractivity (Wildman–Crippen MR) is 117 cm³/mol. The number of aliphatic imine (C=N–C) groups is 1. The monoisotopic (exact) mass is 390 g/mol. The van der Waals surface area contributed by atoms with Gasteiger partial charge in [0.1, 0.15) is 0 Å². The van der Waals surface area contributed by atoms with Gasteiger partial charge in [-0.1, -0.05) is 12.5 Å². The van der Waals surface area contributed by atoms with E-state index in [1.807, 2.05) is 19.2 Å². The van der Waals surface area contributed by atoms with Gasteiger partial charge < -0.3 is 20.1 Å². The number of hydrogen-bond acceptors (Lipinski definition) is 4. The van der Waals surface area contributed by atoms with E-state index in [1.54, 1.807) is 14.2 Å². The van der Waals surface area contributed by atoms with E-state index in [0.29, 0.717) is 0 Å². The van der Waals surface area contributed by atoms with Gasteiger partial charge in [-0.15, -0.1) is 0 Å². The van der Waals surface area contributed by atoms with E-state index in [9.17, 15) is 0 Å². The first-order valence-electron chi connectivity index (χ1n) is 10.4. The Morgan fingerprint density at radius 2 is 1.79 bits per heavy atom. The molecule has 1 aliphatic heterocycles. The smallest absolute Gasteiger partial charge is 0.191 e. The van der Waals surface area contributed by atoms with Crippen LogP contribution in [0.2, 0.25) is 0 Å². The molecule has 0 amide bonds. The van der Waals surface area contributed by atoms with E-state index in [1.165, 1.54) is 37.9 Å². The zero-order valence-corrected chi connectivity index (χ0v) is 18.3. The number of aryl methyl sites for hydroxylation is 1. The van der Waals surface area contributed by atoms with Crippen molar-refractivity contribution < 1.29 is 9.47 Å². The summed E-state index contributed by atoms with van der Waals surface area (Å²) >= 11 is 0. The van der Waals surface area contributed by atoms with Crippen LogP contribution in [0.15, 0.2) is 23.2 Å². The first-order valence-corrected chi connectivity index (χ1v) is 10.4. The molecule has 0 aromatic heterocycles. The third kappa shape index (κ3) is 6.59. The van der Waals surface area contributed by atoms with Crippen LogP contribution in [-0.2, 0) is 6.42 Å². The molecule has 0 atom stereocenters. The molecule has 158 valence electrons. The molecule has 0 bridgehead atoms. The summed E-state index contributed by atoms with van der Waals surface area (Å²) in [6, 6.07) is 6.10. The van der Waals surface area contributed by atoms with Crippen molar-refractivity contribution in [1.29, 1.82) is 0 Å². The molecule has 2 N–H and O–H groups in total. The van der Waals surface area contributed by atoms with Gasteiger partial charge >= 0.3 is 0 Å². The maximum absolute atomic E-state index is 5.38. The molecule has 2 rings (SSSR count). The largest absolute Gasteiger partial charge is 0.493 e. The zero-order valence-electron chi connectivity index (χ0n) is 18.3. The summed E-state index contributed by atoms with van der Waals surface area (Å²) in [5, 5.41) is 6.93. The summed E-state index contributed by atoms with van der Waals surface area (Å²) in [6.45, 7) is 8.80. The lowest BCUT2D eigenvalue weighted by molar-refractivity contribution is 0.0982. The topological polar surface area (TPSA) is 58.1 Å². The van der Waals surface area contributed by atoms with Gasteiger partial charge in [-0.3, -0.25) is 9.89 Å². The molecule has 1 heterocycles. The van der Waals surface area contributed by atoms with Crippen LogP contribution in [0.25, 0.3) is 0 Å². The fraction of sp³-hybridized carbons (Fsp3) is 0.682. The van der Waals surface area contributed by atoms with Crippen LogP contribution in [0.3, 0.4) is 0 Å². The van der Waals surface area contributed by atoms with Gasteiger partial charge in [0.15, 0.2) is 17.5 Å². The summed E-state index contributed by atoms with van der Waals surface area (Å²) in [5.41, 5.74) is 1.38. The number of nitrogens with one attached hydrogen (secondary N) is 2. The van der Waals surface area contributed by atoms with Crippen LogP contribution in [0.4, 0.5) is 0 Å². The van der Waals surface area contributed by atoms with Gasteiger partial charge in [0.25, 0.3) is 0 Å². The SMILES string of the molecule is CN=C(NCCCc1ccc(OC)c(OC)c1)NCC(C)(C)N1CCCCC1. The standard InChI is InChI=1S/C22H38N4O2/c1-22(2,26-14-7-6-8-15-26)17-25-21(23-3)24-13-9-10-18-11-12-19(27-4)20(16-18)28-5/h11-12,16H,6-10,13-15,17H2,1-5H3,(H2,23,24,25). The summed E-state index contributed by atoms with van der Waals surface area (Å²) < 4.78 is 10.7. The lowest BCUT2D eigenvalue weighted by atomic mass is 9.98. The van der Waals surface area contributed by atoms with Crippen LogP contribution >= 0.6 is 0 Å². The third-order valence-electron chi connectivity index (χ3n) is 5.51. The number of guanidine groups is 1. The first-order chi connectivity index (χ1) is 13.5. The number of likely N-dealkylation sites (tertiary alicyclic amines) is 1. The van der Waals surface area contributed by atoms with Crippen LogP contribution < -0.4 is 20.1 Å². The fourth-order valence-corrected chi connectivity index (χ4v) is 3.67. The van der Waals surface area contributed by atoms with E-state index >= 15 is 0 Å². The van der Waals surface area contributed by atoms with Crippen molar-refractivity contribution in [3.05, 3.63) is 23.8 Å². The number of ether oxygens (including phenoxy) is 2. The summed E-state index contributed by atoms with van der Waals surface area (Å²) in [6.07, 6.45) is 5.98. The van der Waals surface area contributed by atoms with Crippen molar-refractivity contribution in [2.75, 3.05) is 47.4 Å². The van der Waals surface area contributed by atoms with Crippen molar-refractivity contribution in [2.24, 2.45) is 4.99 Å². The fourth-order valence-electron chi connectivity index (χ4n) is 3.67. The van der Waals surface area contributed by atoms with Crippen molar-refractivity contribution in [1.82, 2.24) is 15.5 Å². The van der Waals surface area contributed by atoms with E-state index in [0.717, 1.165) is 43.4 Å². The lowest BCUT2D eigenvalue weighted by Gasteiger charge is -2.41. The Morgan fingerprint density at radius 3 is 2.43 bits per heavy atom. The average molecular weight is 391 g/mol. The minimum absolute atomic E-state index is 0.137. The number of hydrogen-bond donors (Lipinski definition) is 2. The average Bonchev–Trinajstić information content (AvgIpc) is 2.73. The molecule has 0 radical (unpaired) electrons. The highest BCUT2D eigenvalue weighted by atomic mass is 16.5. The highest BCUT2D eigenvalue weighted by molar-refractivity contribution is 5.79. The number of piperidine rings is 1. The minimum Gasteiger partial charge on any atom is -0.493 e. The normalized spacial score (nSPS) is 16.0. The Kier molecular flexibility index (Phi) is 8.90. The molecule has 0 saturated carbocycles. The Labute approximate surface area is 170 Å². The van der Waals surface area contributed by atoms with Crippen molar-refractivity contribution in [3.63, 3.8) is 0 Å². The highest BCUT2D eigenvalue weighted by Crippen LogP contribution is 2.27. The molecule has 1 aliphatic rings. The highest BCUT2D eigenvalue weighted by Gasteiger charge is 2.27.